The first-order valence-electron chi connectivity index (χ1n) is 5.09. The summed E-state index contributed by atoms with van der Waals surface area (Å²) in [5.41, 5.74) is 2.49. The van der Waals surface area contributed by atoms with Crippen LogP contribution in [0.25, 0.3) is 0 Å². The molecule has 15 heavy (non-hydrogen) atoms. The van der Waals surface area contributed by atoms with E-state index in [0.717, 1.165) is 12.8 Å². The predicted molar refractivity (Wildman–Crippen MR) is 58.0 cm³/mol. The van der Waals surface area contributed by atoms with Crippen molar-refractivity contribution in [1.29, 1.82) is 0 Å². The van der Waals surface area contributed by atoms with Crippen molar-refractivity contribution < 1.29 is 14.6 Å². The molecule has 0 bridgehead atoms. The van der Waals surface area contributed by atoms with Crippen LogP contribution in [0.5, 0.6) is 0 Å². The first kappa shape index (κ1) is 11.7. The lowest BCUT2D eigenvalue weighted by atomic mass is 10.1. The number of carboxylic acids is 1. The lowest BCUT2D eigenvalue weighted by molar-refractivity contribution is -0.142. The van der Waals surface area contributed by atoms with Gasteiger partial charge in [-0.2, -0.15) is 0 Å². The van der Waals surface area contributed by atoms with E-state index in [0.29, 0.717) is 6.61 Å². The van der Waals surface area contributed by atoms with Crippen LogP contribution >= 0.6 is 0 Å². The highest BCUT2D eigenvalue weighted by Gasteiger charge is 1.97. The molecule has 0 saturated carbocycles. The molecule has 0 heterocycles. The molecule has 3 heteroatoms. The molecule has 3 nitrogen and oxygen atoms in total. The largest absolute Gasteiger partial charge is 0.480 e. The Labute approximate surface area is 89.7 Å². The van der Waals surface area contributed by atoms with Crippen LogP contribution in [0.2, 0.25) is 0 Å². The number of hydrogen-bond acceptors (Lipinski definition) is 2. The van der Waals surface area contributed by atoms with Crippen molar-refractivity contribution in [2.45, 2.75) is 19.8 Å². The summed E-state index contributed by atoms with van der Waals surface area (Å²) in [6.45, 7) is 2.36. The Kier molecular flexibility index (Phi) is 4.84. The lowest BCUT2D eigenvalue weighted by Crippen LogP contribution is -2.08. The first-order valence-corrected chi connectivity index (χ1v) is 5.09. The van der Waals surface area contributed by atoms with E-state index < -0.39 is 5.97 Å². The Bertz CT molecular complexity index is 303. The van der Waals surface area contributed by atoms with Gasteiger partial charge in [0.05, 0.1) is 6.61 Å². The Morgan fingerprint density at radius 2 is 1.87 bits per heavy atom. The third-order valence-electron chi connectivity index (χ3n) is 2.19. The average Bonchev–Trinajstić information content (AvgIpc) is 2.25. The van der Waals surface area contributed by atoms with E-state index in [9.17, 15) is 4.79 Å². The molecule has 0 saturated heterocycles. The van der Waals surface area contributed by atoms with Crippen molar-refractivity contribution in [3.05, 3.63) is 35.4 Å². The summed E-state index contributed by atoms with van der Waals surface area (Å²) in [6, 6.07) is 8.30. The molecule has 0 aliphatic heterocycles. The number of rotatable bonds is 6. The van der Waals surface area contributed by atoms with Crippen molar-refractivity contribution in [3.63, 3.8) is 0 Å². The maximum absolute atomic E-state index is 10.2. The van der Waals surface area contributed by atoms with Crippen LogP contribution in [0.3, 0.4) is 0 Å². The molecule has 82 valence electrons. The summed E-state index contributed by atoms with van der Waals surface area (Å²) in [4.78, 5) is 10.2. The van der Waals surface area contributed by atoms with Gasteiger partial charge >= 0.3 is 5.97 Å². The number of carboxylic acid groups (broad SMARTS) is 1. The van der Waals surface area contributed by atoms with Crippen molar-refractivity contribution in [1.82, 2.24) is 0 Å². The van der Waals surface area contributed by atoms with Crippen molar-refractivity contribution >= 4 is 5.97 Å². The van der Waals surface area contributed by atoms with Crippen molar-refractivity contribution in [2.75, 3.05) is 13.2 Å². The summed E-state index contributed by atoms with van der Waals surface area (Å²) in [5, 5.41) is 8.35. The Balaban J connectivity index is 2.28. The lowest BCUT2D eigenvalue weighted by Gasteiger charge is -2.03. The molecule has 0 fully saturated rings. The van der Waals surface area contributed by atoms with Gasteiger partial charge in [-0.1, -0.05) is 31.2 Å². The number of hydrogen-bond donors (Lipinski definition) is 1. The number of aryl methyl sites for hydroxylation is 1. The average molecular weight is 208 g/mol. The first-order chi connectivity index (χ1) is 7.22. The molecule has 1 aromatic rings. The van der Waals surface area contributed by atoms with Gasteiger partial charge in [0, 0.05) is 0 Å². The second-order valence-corrected chi connectivity index (χ2v) is 3.37. The van der Waals surface area contributed by atoms with Gasteiger partial charge in [0.1, 0.15) is 6.61 Å². The summed E-state index contributed by atoms with van der Waals surface area (Å²) in [5.74, 6) is -0.920. The van der Waals surface area contributed by atoms with Gasteiger partial charge in [-0.15, -0.1) is 0 Å². The number of ether oxygens (including phenoxy) is 1. The Morgan fingerprint density at radius 3 is 2.40 bits per heavy atom. The molecule has 0 radical (unpaired) electrons. The fourth-order valence-electron chi connectivity index (χ4n) is 1.29. The Hall–Kier alpha value is -1.35. The van der Waals surface area contributed by atoms with Crippen LogP contribution in [0, 0.1) is 0 Å². The number of benzene rings is 1. The molecular weight excluding hydrogens is 192 g/mol. The summed E-state index contributed by atoms with van der Waals surface area (Å²) < 4.78 is 4.96. The number of aliphatic carboxylic acids is 1. The SMILES string of the molecule is CCc1ccc(CCOCC(=O)O)cc1. The maximum atomic E-state index is 10.2. The molecule has 0 unspecified atom stereocenters. The third kappa shape index (κ3) is 4.61. The molecule has 0 spiro atoms. The van der Waals surface area contributed by atoms with Crippen molar-refractivity contribution in [2.24, 2.45) is 0 Å². The topological polar surface area (TPSA) is 46.5 Å². The fourth-order valence-corrected chi connectivity index (χ4v) is 1.29. The highest BCUT2D eigenvalue weighted by atomic mass is 16.5. The van der Waals surface area contributed by atoms with E-state index in [1.165, 1.54) is 11.1 Å². The molecule has 0 atom stereocenters. The van der Waals surface area contributed by atoms with E-state index in [1.54, 1.807) is 0 Å². The minimum Gasteiger partial charge on any atom is -0.480 e. The summed E-state index contributed by atoms with van der Waals surface area (Å²) in [7, 11) is 0. The van der Waals surface area contributed by atoms with Gasteiger partial charge in [0.15, 0.2) is 0 Å². The normalized spacial score (nSPS) is 10.2. The summed E-state index contributed by atoms with van der Waals surface area (Å²) in [6.07, 6.45) is 1.80. The second kappa shape index (κ2) is 6.19. The van der Waals surface area contributed by atoms with Crippen LogP contribution in [0.15, 0.2) is 24.3 Å². The zero-order chi connectivity index (χ0) is 11.1. The quantitative estimate of drug-likeness (QED) is 0.726. The maximum Gasteiger partial charge on any atom is 0.329 e. The van der Waals surface area contributed by atoms with E-state index in [-0.39, 0.29) is 6.61 Å². The van der Waals surface area contributed by atoms with Crippen LogP contribution in [0.4, 0.5) is 0 Å². The monoisotopic (exact) mass is 208 g/mol. The zero-order valence-electron chi connectivity index (χ0n) is 8.90. The van der Waals surface area contributed by atoms with Gasteiger partial charge in [-0.05, 0) is 24.0 Å². The minimum atomic E-state index is -0.920. The highest BCUT2D eigenvalue weighted by molar-refractivity contribution is 5.67. The fraction of sp³-hybridized carbons (Fsp3) is 0.417. The third-order valence-corrected chi connectivity index (χ3v) is 2.19. The molecule has 1 N–H and O–H groups in total. The molecule has 0 aromatic heterocycles. The highest BCUT2D eigenvalue weighted by Crippen LogP contribution is 2.05. The van der Waals surface area contributed by atoms with E-state index in [1.807, 2.05) is 0 Å². The summed E-state index contributed by atoms with van der Waals surface area (Å²) >= 11 is 0. The number of carbonyl (C=O) groups is 1. The molecule has 0 aliphatic carbocycles. The van der Waals surface area contributed by atoms with Crippen molar-refractivity contribution in [3.8, 4) is 0 Å². The van der Waals surface area contributed by atoms with Gasteiger partial charge in [0.25, 0.3) is 0 Å². The standard InChI is InChI=1S/C12H16O3/c1-2-10-3-5-11(6-4-10)7-8-15-9-12(13)14/h3-6H,2,7-9H2,1H3,(H,13,14). The minimum absolute atomic E-state index is 0.215. The molecular formula is C12H16O3. The molecule has 1 rings (SSSR count). The van der Waals surface area contributed by atoms with E-state index in [4.69, 9.17) is 9.84 Å². The van der Waals surface area contributed by atoms with Crippen LogP contribution < -0.4 is 0 Å². The zero-order valence-corrected chi connectivity index (χ0v) is 8.90. The van der Waals surface area contributed by atoms with Gasteiger partial charge < -0.3 is 9.84 Å². The van der Waals surface area contributed by atoms with Crippen LogP contribution in [0.1, 0.15) is 18.1 Å². The van der Waals surface area contributed by atoms with E-state index in [2.05, 4.69) is 31.2 Å². The van der Waals surface area contributed by atoms with Crippen LogP contribution in [-0.2, 0) is 22.4 Å². The predicted octanol–water partition coefficient (Wildman–Crippen LogP) is 1.89. The van der Waals surface area contributed by atoms with E-state index >= 15 is 0 Å². The van der Waals surface area contributed by atoms with Crippen LogP contribution in [-0.4, -0.2) is 24.3 Å². The molecule has 0 aliphatic rings. The molecule has 1 aromatic carbocycles. The van der Waals surface area contributed by atoms with Gasteiger partial charge in [-0.3, -0.25) is 0 Å². The smallest absolute Gasteiger partial charge is 0.329 e. The Morgan fingerprint density at radius 1 is 1.27 bits per heavy atom. The second-order valence-electron chi connectivity index (χ2n) is 3.37. The molecule has 0 amide bonds. The van der Waals surface area contributed by atoms with Gasteiger partial charge in [0.2, 0.25) is 0 Å². The van der Waals surface area contributed by atoms with Gasteiger partial charge in [-0.25, -0.2) is 4.79 Å².